The zero-order valence-corrected chi connectivity index (χ0v) is 14.2. The van der Waals surface area contributed by atoms with Gasteiger partial charge in [-0.2, -0.15) is 0 Å². The molecule has 126 valence electrons. The number of hydrogen-bond acceptors (Lipinski definition) is 5. The molecule has 0 amide bonds. The second-order valence-electron chi connectivity index (χ2n) is 5.10. The number of rotatable bonds is 6. The first-order valence-corrected chi connectivity index (χ1v) is 8.62. The highest BCUT2D eigenvalue weighted by Crippen LogP contribution is 2.43. The fraction of sp³-hybridized carbons (Fsp3) is 0.118. The molecule has 1 N–H and O–H groups in total. The molecule has 0 fully saturated rings. The molecule has 2 aromatic carbocycles. The van der Waals surface area contributed by atoms with Crippen LogP contribution in [0.5, 0.6) is 5.75 Å². The Morgan fingerprint density at radius 2 is 1.71 bits per heavy atom. The van der Waals surface area contributed by atoms with Crippen LogP contribution in [0.1, 0.15) is 5.56 Å². The number of phosphoric acid groups is 1. The molecule has 7 heteroatoms. The minimum absolute atomic E-state index is 0.138. The molecule has 2 aromatic rings. The van der Waals surface area contributed by atoms with Crippen LogP contribution in [0.4, 0.5) is 5.69 Å². The van der Waals surface area contributed by atoms with Gasteiger partial charge in [0.2, 0.25) is 0 Å². The van der Waals surface area contributed by atoms with Crippen LogP contribution in [0.2, 0.25) is 0 Å². The molecular weight excluding hydrogens is 329 g/mol. The van der Waals surface area contributed by atoms with E-state index in [2.05, 4.69) is 4.52 Å². The number of benzene rings is 2. The lowest BCUT2D eigenvalue weighted by Crippen LogP contribution is -2.07. The van der Waals surface area contributed by atoms with Gasteiger partial charge in [-0.1, -0.05) is 30.3 Å². The fourth-order valence-electron chi connectivity index (χ4n) is 1.83. The summed E-state index contributed by atoms with van der Waals surface area (Å²) in [6, 6.07) is 15.4. The highest BCUT2D eigenvalue weighted by Gasteiger charge is 2.26. The highest BCUT2D eigenvalue weighted by molar-refractivity contribution is 7.48. The Morgan fingerprint density at radius 1 is 1.08 bits per heavy atom. The van der Waals surface area contributed by atoms with Crippen molar-refractivity contribution in [3.05, 3.63) is 66.2 Å². The molecule has 0 aromatic heterocycles. The number of nitrogens with zero attached hydrogens (tertiary/aromatic N) is 1. The third-order valence-corrected chi connectivity index (χ3v) is 3.84. The van der Waals surface area contributed by atoms with Crippen LogP contribution in [0.3, 0.4) is 0 Å². The van der Waals surface area contributed by atoms with Crippen LogP contribution in [0, 0.1) is 0 Å². The molecule has 0 heterocycles. The van der Waals surface area contributed by atoms with Crippen LogP contribution < -0.4 is 9.42 Å². The summed E-state index contributed by atoms with van der Waals surface area (Å²) in [5.41, 5.74) is 1.78. The number of carbonyl (C=O) groups is 1. The molecule has 1 unspecified atom stereocenters. The fourth-order valence-corrected chi connectivity index (χ4v) is 2.54. The van der Waals surface area contributed by atoms with Crippen molar-refractivity contribution in [2.75, 3.05) is 19.0 Å². The molecule has 0 aliphatic heterocycles. The minimum atomic E-state index is -4.52. The van der Waals surface area contributed by atoms with E-state index in [4.69, 9.17) is 4.52 Å². The third-order valence-electron chi connectivity index (χ3n) is 2.99. The van der Waals surface area contributed by atoms with Crippen LogP contribution in [-0.4, -0.2) is 25.0 Å². The summed E-state index contributed by atoms with van der Waals surface area (Å²) in [6.45, 7) is 0. The molecule has 24 heavy (non-hydrogen) atoms. The van der Waals surface area contributed by atoms with E-state index < -0.39 is 13.8 Å². The number of phosphoric ester groups is 1. The zero-order valence-electron chi connectivity index (χ0n) is 13.3. The van der Waals surface area contributed by atoms with Crippen molar-refractivity contribution in [3.8, 4) is 5.75 Å². The van der Waals surface area contributed by atoms with E-state index in [0.29, 0.717) is 0 Å². The van der Waals surface area contributed by atoms with E-state index in [-0.39, 0.29) is 5.75 Å². The van der Waals surface area contributed by atoms with Crippen molar-refractivity contribution in [1.29, 1.82) is 0 Å². The normalized spacial score (nSPS) is 13.3. The Kier molecular flexibility index (Phi) is 5.79. The topological polar surface area (TPSA) is 76.1 Å². The van der Waals surface area contributed by atoms with Crippen LogP contribution in [-0.2, 0) is 13.9 Å². The van der Waals surface area contributed by atoms with Crippen molar-refractivity contribution in [1.82, 2.24) is 0 Å². The lowest BCUT2D eigenvalue weighted by Gasteiger charge is -2.12. The molecule has 0 aliphatic carbocycles. The first-order chi connectivity index (χ1) is 11.4. The number of hydrogen-bond donors (Lipinski definition) is 1. The smallest absolute Gasteiger partial charge is 0.395 e. The number of para-hydroxylation sites is 1. The van der Waals surface area contributed by atoms with Gasteiger partial charge in [-0.15, -0.1) is 0 Å². The summed E-state index contributed by atoms with van der Waals surface area (Å²) < 4.78 is 21.1. The Labute approximate surface area is 140 Å². The van der Waals surface area contributed by atoms with Crippen molar-refractivity contribution in [3.63, 3.8) is 0 Å². The second-order valence-corrected chi connectivity index (χ2v) is 6.40. The summed E-state index contributed by atoms with van der Waals surface area (Å²) in [5.74, 6) is -0.826. The van der Waals surface area contributed by atoms with Gasteiger partial charge in [-0.3, -0.25) is 4.89 Å². The standard InChI is InChI=1S/C17H18NO5P/c1-18(2)15-11-8-14(9-12-15)10-13-17(19)23-24(20,21)22-16-6-4-3-5-7-16/h3-13H,1-2H3,(H,20,21). The zero-order chi connectivity index (χ0) is 17.6. The van der Waals surface area contributed by atoms with Crippen LogP contribution >= 0.6 is 7.82 Å². The predicted molar refractivity (Wildman–Crippen MR) is 92.8 cm³/mol. The molecule has 0 saturated carbocycles. The summed E-state index contributed by atoms with van der Waals surface area (Å²) in [5, 5.41) is 0. The van der Waals surface area contributed by atoms with Crippen LogP contribution in [0.15, 0.2) is 60.7 Å². The molecule has 6 nitrogen and oxygen atoms in total. The molecule has 0 radical (unpaired) electrons. The van der Waals surface area contributed by atoms with Crippen molar-refractivity contribution >= 4 is 25.6 Å². The largest absolute Gasteiger partial charge is 0.587 e. The summed E-state index contributed by atoms with van der Waals surface area (Å²) in [4.78, 5) is 23.2. The first-order valence-electron chi connectivity index (χ1n) is 7.12. The quantitative estimate of drug-likeness (QED) is 0.637. The molecule has 2 rings (SSSR count). The van der Waals surface area contributed by atoms with E-state index in [1.54, 1.807) is 18.2 Å². The van der Waals surface area contributed by atoms with Gasteiger partial charge in [-0.25, -0.2) is 9.36 Å². The van der Waals surface area contributed by atoms with Gasteiger partial charge in [0.15, 0.2) is 0 Å². The Hall–Kier alpha value is -2.56. The molecule has 0 spiro atoms. The first kappa shape index (κ1) is 17.8. The number of carbonyl (C=O) groups excluding carboxylic acids is 1. The molecule has 0 saturated heterocycles. The molecule has 0 bridgehead atoms. The summed E-state index contributed by atoms with van der Waals surface area (Å²) in [7, 11) is -0.672. The Morgan fingerprint density at radius 3 is 2.29 bits per heavy atom. The van der Waals surface area contributed by atoms with Gasteiger partial charge in [-0.05, 0) is 35.9 Å². The van der Waals surface area contributed by atoms with Gasteiger partial charge < -0.3 is 13.9 Å². The van der Waals surface area contributed by atoms with Gasteiger partial charge in [0.1, 0.15) is 5.75 Å². The van der Waals surface area contributed by atoms with Gasteiger partial charge in [0.25, 0.3) is 0 Å². The van der Waals surface area contributed by atoms with E-state index in [1.165, 1.54) is 18.2 Å². The maximum atomic E-state index is 11.8. The maximum absolute atomic E-state index is 11.8. The van der Waals surface area contributed by atoms with Crippen molar-refractivity contribution < 1.29 is 23.3 Å². The van der Waals surface area contributed by atoms with Crippen molar-refractivity contribution in [2.24, 2.45) is 0 Å². The highest BCUT2D eigenvalue weighted by atomic mass is 31.2. The number of anilines is 1. The maximum Gasteiger partial charge on any atom is 0.587 e. The van der Waals surface area contributed by atoms with Crippen molar-refractivity contribution in [2.45, 2.75) is 0 Å². The average Bonchev–Trinajstić information content (AvgIpc) is 2.53. The van der Waals surface area contributed by atoms with Gasteiger partial charge in [0.05, 0.1) is 0 Å². The third kappa shape index (κ3) is 5.57. The van der Waals surface area contributed by atoms with Crippen LogP contribution in [0.25, 0.3) is 6.08 Å². The Balaban J connectivity index is 1.95. The van der Waals surface area contributed by atoms with E-state index >= 15 is 0 Å². The van der Waals surface area contributed by atoms with Gasteiger partial charge >= 0.3 is 13.8 Å². The second kappa shape index (κ2) is 7.81. The van der Waals surface area contributed by atoms with Gasteiger partial charge in [0, 0.05) is 25.9 Å². The van der Waals surface area contributed by atoms with E-state index in [0.717, 1.165) is 17.3 Å². The lowest BCUT2D eigenvalue weighted by molar-refractivity contribution is -0.130. The average molecular weight is 347 g/mol. The molecule has 0 aliphatic rings. The minimum Gasteiger partial charge on any atom is -0.395 e. The summed E-state index contributed by atoms with van der Waals surface area (Å²) >= 11 is 0. The monoisotopic (exact) mass is 347 g/mol. The molecule has 1 atom stereocenters. The SMILES string of the molecule is CN(C)c1ccc(C=CC(=O)OP(=O)(O)Oc2ccccc2)cc1. The summed E-state index contributed by atoms with van der Waals surface area (Å²) in [6.07, 6.45) is 2.56. The lowest BCUT2D eigenvalue weighted by atomic mass is 10.2. The predicted octanol–water partition coefficient (Wildman–Crippen LogP) is 3.49. The van der Waals surface area contributed by atoms with E-state index in [1.807, 2.05) is 43.3 Å². The Bertz CT molecular complexity index is 756. The molecular formula is C17H18NO5P. The van der Waals surface area contributed by atoms with E-state index in [9.17, 15) is 14.3 Å².